The zero-order valence-corrected chi connectivity index (χ0v) is 24.6. The molecule has 40 heavy (non-hydrogen) atoms. The van der Waals surface area contributed by atoms with Crippen LogP contribution in [-0.4, -0.2) is 70.3 Å². The van der Waals surface area contributed by atoms with E-state index in [4.69, 9.17) is 34.4 Å². The lowest BCUT2D eigenvalue weighted by Gasteiger charge is -2.14. The summed E-state index contributed by atoms with van der Waals surface area (Å²) in [4.78, 5) is 4.78. The Kier molecular flexibility index (Phi) is 14.6. The minimum absolute atomic E-state index is 0.492. The van der Waals surface area contributed by atoms with E-state index in [9.17, 15) is 0 Å². The third-order valence-electron chi connectivity index (χ3n) is 6.59. The molecule has 0 fully saturated rings. The first-order chi connectivity index (χ1) is 19.7. The molecule has 0 aliphatic carbocycles. The number of aromatic nitrogens is 1. The maximum absolute atomic E-state index is 6.23. The van der Waals surface area contributed by atoms with Crippen molar-refractivity contribution in [3.8, 4) is 5.75 Å². The second kappa shape index (κ2) is 18.5. The molecule has 0 bridgehead atoms. The van der Waals surface area contributed by atoms with Gasteiger partial charge in [0, 0.05) is 31.3 Å². The Morgan fingerprint density at radius 3 is 2.42 bits per heavy atom. The van der Waals surface area contributed by atoms with Gasteiger partial charge in [-0.1, -0.05) is 38.0 Å². The lowest BCUT2D eigenvalue weighted by molar-refractivity contribution is -0.00290. The summed E-state index contributed by atoms with van der Waals surface area (Å²) in [5.74, 6) is 2.33. The van der Waals surface area contributed by atoms with Crippen molar-refractivity contribution < 1.29 is 23.7 Å². The van der Waals surface area contributed by atoms with Crippen LogP contribution in [0.5, 0.6) is 5.75 Å². The molecule has 3 N–H and O–H groups in total. The van der Waals surface area contributed by atoms with Gasteiger partial charge in [0.25, 0.3) is 0 Å². The van der Waals surface area contributed by atoms with E-state index in [-0.39, 0.29) is 0 Å². The zero-order valence-electron chi connectivity index (χ0n) is 24.6. The van der Waals surface area contributed by atoms with E-state index in [0.717, 1.165) is 53.9 Å². The predicted octanol–water partition coefficient (Wildman–Crippen LogP) is 2.91. The van der Waals surface area contributed by atoms with Gasteiger partial charge in [-0.25, -0.2) is 4.99 Å². The standard InChI is InChI=1S/C31H48N4O5/c1-4-6-7-14-33-31-30-26(9-8-10-29(32)34-31)13-15-35(30)23-27-12-11-25(22-28(27)36-3)24-40-21-20-39-19-18-38-17-16-37-5-2/h9,11-13,15,22,33H,4-8,10,14,16-21,23-24H2,1-3H3,(H2,32,34)/b26-9-,31-30+. The molecule has 9 nitrogen and oxygen atoms in total. The molecular weight excluding hydrogens is 508 g/mol. The fourth-order valence-corrected chi connectivity index (χ4v) is 4.48. The van der Waals surface area contributed by atoms with Gasteiger partial charge < -0.3 is 39.3 Å². The molecule has 1 aliphatic rings. The fourth-order valence-electron chi connectivity index (χ4n) is 4.48. The van der Waals surface area contributed by atoms with Gasteiger partial charge in [0.05, 0.1) is 65.3 Å². The number of nitrogens with one attached hydrogen (secondary N) is 1. The second-order valence-corrected chi connectivity index (χ2v) is 9.70. The Balaban J connectivity index is 1.59. The average molecular weight is 557 g/mol. The number of fused-ring (bicyclic) bond motifs is 1. The van der Waals surface area contributed by atoms with Crippen molar-refractivity contribution in [2.75, 3.05) is 59.9 Å². The minimum atomic E-state index is 0.492. The molecule has 0 saturated carbocycles. The summed E-state index contributed by atoms with van der Waals surface area (Å²) in [7, 11) is 1.71. The number of nitrogens with zero attached hydrogens (tertiary/aromatic N) is 2. The van der Waals surface area contributed by atoms with Crippen molar-refractivity contribution in [1.82, 2.24) is 9.88 Å². The molecule has 2 aromatic rings. The number of ether oxygens (including phenoxy) is 5. The molecule has 0 saturated heterocycles. The van der Waals surface area contributed by atoms with Crippen molar-refractivity contribution in [3.05, 3.63) is 52.2 Å². The summed E-state index contributed by atoms with van der Waals surface area (Å²) >= 11 is 0. The first-order valence-corrected chi connectivity index (χ1v) is 14.6. The number of aliphatic imine (C=N–C) groups is 1. The third-order valence-corrected chi connectivity index (χ3v) is 6.59. The molecule has 222 valence electrons. The summed E-state index contributed by atoms with van der Waals surface area (Å²) in [6, 6.07) is 8.40. The molecule has 0 amide bonds. The van der Waals surface area contributed by atoms with Gasteiger partial charge >= 0.3 is 0 Å². The molecule has 0 radical (unpaired) electrons. The Labute approximate surface area is 239 Å². The van der Waals surface area contributed by atoms with Crippen molar-refractivity contribution >= 4 is 17.7 Å². The zero-order chi connectivity index (χ0) is 28.4. The topological polar surface area (TPSA) is 101 Å². The van der Waals surface area contributed by atoms with Crippen LogP contribution < -0.4 is 26.4 Å². The molecule has 1 aliphatic heterocycles. The molecule has 2 heterocycles. The molecule has 0 unspecified atom stereocenters. The van der Waals surface area contributed by atoms with Crippen molar-refractivity contribution in [2.45, 2.75) is 59.1 Å². The minimum Gasteiger partial charge on any atom is -0.496 e. The fraction of sp³-hybridized carbons (Fsp3) is 0.581. The molecule has 1 aromatic heterocycles. The maximum atomic E-state index is 6.23. The van der Waals surface area contributed by atoms with Gasteiger partial charge in [0.2, 0.25) is 0 Å². The largest absolute Gasteiger partial charge is 0.496 e. The number of amidine groups is 1. The summed E-state index contributed by atoms with van der Waals surface area (Å²) in [5, 5.41) is 5.80. The van der Waals surface area contributed by atoms with E-state index in [0.29, 0.717) is 65.2 Å². The number of methoxy groups -OCH3 is 1. The number of hydrogen-bond donors (Lipinski definition) is 2. The first kappa shape index (κ1) is 31.7. The van der Waals surface area contributed by atoms with Crippen molar-refractivity contribution in [3.63, 3.8) is 0 Å². The Morgan fingerprint density at radius 1 is 0.950 bits per heavy atom. The van der Waals surface area contributed by atoms with Crippen molar-refractivity contribution in [1.29, 1.82) is 0 Å². The smallest absolute Gasteiger partial charge is 0.152 e. The Bertz CT molecular complexity index is 1160. The predicted molar refractivity (Wildman–Crippen MR) is 160 cm³/mol. The monoisotopic (exact) mass is 556 g/mol. The number of hydrogen-bond acceptors (Lipinski definition) is 8. The third kappa shape index (κ3) is 10.6. The highest BCUT2D eigenvalue weighted by Gasteiger charge is 2.11. The summed E-state index contributed by atoms with van der Waals surface area (Å²) in [5.41, 5.74) is 8.37. The average Bonchev–Trinajstić information content (AvgIpc) is 3.34. The van der Waals surface area contributed by atoms with Gasteiger partial charge in [-0.2, -0.15) is 0 Å². The molecule has 0 spiro atoms. The van der Waals surface area contributed by atoms with Crippen LogP contribution in [-0.2, 0) is 32.1 Å². The Morgan fingerprint density at radius 2 is 1.70 bits per heavy atom. The quantitative estimate of drug-likeness (QED) is 0.242. The SMILES string of the molecule is CCCCCNC1=c2/c(ccn2Cc2ccc(COCCOCCOCCOCC)cc2OC)=C\CC/C(N)=N\1. The van der Waals surface area contributed by atoms with E-state index in [1.807, 2.05) is 13.0 Å². The number of rotatable bonds is 20. The van der Waals surface area contributed by atoms with Crippen LogP contribution >= 0.6 is 0 Å². The lowest BCUT2D eigenvalue weighted by atomic mass is 10.1. The highest BCUT2D eigenvalue weighted by Crippen LogP contribution is 2.21. The number of benzene rings is 1. The van der Waals surface area contributed by atoms with E-state index in [2.05, 4.69) is 47.3 Å². The second-order valence-electron chi connectivity index (χ2n) is 9.70. The lowest BCUT2D eigenvalue weighted by Crippen LogP contribution is -2.37. The van der Waals surface area contributed by atoms with E-state index in [1.165, 1.54) is 18.1 Å². The van der Waals surface area contributed by atoms with Gasteiger partial charge in [0.1, 0.15) is 11.6 Å². The van der Waals surface area contributed by atoms with Crippen LogP contribution in [0.25, 0.3) is 11.9 Å². The highest BCUT2D eigenvalue weighted by atomic mass is 16.6. The van der Waals surface area contributed by atoms with Gasteiger partial charge in [0.15, 0.2) is 5.82 Å². The summed E-state index contributed by atoms with van der Waals surface area (Å²) in [6.45, 7) is 10.3. The number of unbranched alkanes of at least 4 members (excludes halogenated alkanes) is 2. The molecular formula is C31H48N4O5. The Hall–Kier alpha value is -2.85. The molecule has 1 aromatic carbocycles. The molecule has 9 heteroatoms. The van der Waals surface area contributed by atoms with Crippen LogP contribution in [0, 0.1) is 0 Å². The van der Waals surface area contributed by atoms with Crippen LogP contribution in [0.1, 0.15) is 57.1 Å². The van der Waals surface area contributed by atoms with Gasteiger partial charge in [-0.15, -0.1) is 0 Å². The van der Waals surface area contributed by atoms with E-state index in [1.54, 1.807) is 7.11 Å². The van der Waals surface area contributed by atoms with Gasteiger partial charge in [-0.3, -0.25) is 0 Å². The maximum Gasteiger partial charge on any atom is 0.152 e. The summed E-state index contributed by atoms with van der Waals surface area (Å²) in [6.07, 6.45) is 9.46. The van der Waals surface area contributed by atoms with E-state index < -0.39 is 0 Å². The van der Waals surface area contributed by atoms with Crippen LogP contribution in [0.4, 0.5) is 0 Å². The van der Waals surface area contributed by atoms with Crippen LogP contribution in [0.15, 0.2) is 35.5 Å². The number of nitrogens with two attached hydrogens (primary N) is 1. The van der Waals surface area contributed by atoms with Crippen LogP contribution in [0.2, 0.25) is 0 Å². The first-order valence-electron chi connectivity index (χ1n) is 14.6. The van der Waals surface area contributed by atoms with E-state index >= 15 is 0 Å². The highest BCUT2D eigenvalue weighted by molar-refractivity contribution is 5.84. The molecule has 0 atom stereocenters. The van der Waals surface area contributed by atoms with Gasteiger partial charge in [-0.05, 0) is 42.7 Å². The summed E-state index contributed by atoms with van der Waals surface area (Å²) < 4.78 is 30.1. The van der Waals surface area contributed by atoms with Crippen molar-refractivity contribution in [2.24, 2.45) is 10.7 Å². The van der Waals surface area contributed by atoms with Crippen LogP contribution in [0.3, 0.4) is 0 Å². The normalized spacial score (nSPS) is 16.8. The molecule has 3 rings (SSSR count).